The van der Waals surface area contributed by atoms with Crippen LogP contribution in [0.4, 0.5) is 0 Å². The fourth-order valence-corrected chi connectivity index (χ4v) is 3.65. The Bertz CT molecular complexity index is 361. The van der Waals surface area contributed by atoms with E-state index in [1.165, 1.54) is 0 Å². The van der Waals surface area contributed by atoms with Crippen molar-refractivity contribution in [3.63, 3.8) is 0 Å². The van der Waals surface area contributed by atoms with Crippen molar-refractivity contribution in [2.24, 2.45) is 23.0 Å². The number of hydrogen-bond acceptors (Lipinski definition) is 4. The van der Waals surface area contributed by atoms with E-state index in [0.29, 0.717) is 25.7 Å². The number of nitrogens with two attached hydrogens (primary N) is 1. The summed E-state index contributed by atoms with van der Waals surface area (Å²) in [6.45, 7) is 9.52. The Morgan fingerprint density at radius 2 is 1.91 bits per heavy atom. The molecule has 2 aliphatic heterocycles. The summed E-state index contributed by atoms with van der Waals surface area (Å²) in [6.07, 6.45) is 4.13. The van der Waals surface area contributed by atoms with Crippen molar-refractivity contribution in [3.05, 3.63) is 0 Å². The Labute approximate surface area is 134 Å². The minimum atomic E-state index is -0.415. The first-order valence-electron chi connectivity index (χ1n) is 8.62. The number of carbonyl (C=O) groups excluding carboxylic acids is 1. The molecule has 5 heteroatoms. The van der Waals surface area contributed by atoms with Gasteiger partial charge in [-0.15, -0.1) is 0 Å². The summed E-state index contributed by atoms with van der Waals surface area (Å²) < 4.78 is 11.3. The van der Waals surface area contributed by atoms with Crippen LogP contribution in [0, 0.1) is 17.3 Å². The highest BCUT2D eigenvalue weighted by Crippen LogP contribution is 2.33. The van der Waals surface area contributed by atoms with Crippen LogP contribution in [0.2, 0.25) is 0 Å². The predicted molar refractivity (Wildman–Crippen MR) is 86.4 cm³/mol. The molecule has 2 heterocycles. The molecule has 5 nitrogen and oxygen atoms in total. The summed E-state index contributed by atoms with van der Waals surface area (Å²) in [7, 11) is 0. The van der Waals surface area contributed by atoms with Crippen molar-refractivity contribution in [2.45, 2.75) is 58.6 Å². The van der Waals surface area contributed by atoms with E-state index in [4.69, 9.17) is 15.2 Å². The third-order valence-corrected chi connectivity index (χ3v) is 4.91. The summed E-state index contributed by atoms with van der Waals surface area (Å²) in [5.74, 6) is 0.597. The van der Waals surface area contributed by atoms with Gasteiger partial charge in [0.25, 0.3) is 0 Å². The zero-order valence-corrected chi connectivity index (χ0v) is 14.3. The highest BCUT2D eigenvalue weighted by molar-refractivity contribution is 5.81. The van der Waals surface area contributed by atoms with E-state index >= 15 is 0 Å². The Balaban J connectivity index is 1.83. The quantitative estimate of drug-likeness (QED) is 0.828. The lowest BCUT2D eigenvalue weighted by Crippen LogP contribution is -2.50. The molecule has 0 bridgehead atoms. The zero-order chi connectivity index (χ0) is 16.2. The predicted octanol–water partition coefficient (Wildman–Crippen LogP) is 1.70. The third-order valence-electron chi connectivity index (χ3n) is 4.91. The highest BCUT2D eigenvalue weighted by atomic mass is 16.5. The first-order chi connectivity index (χ1) is 10.4. The average Bonchev–Trinajstić information content (AvgIpc) is 2.52. The number of hydrogen-bond donors (Lipinski definition) is 2. The van der Waals surface area contributed by atoms with Crippen LogP contribution in [0.5, 0.6) is 0 Å². The molecule has 128 valence electrons. The monoisotopic (exact) mass is 312 g/mol. The molecular weight excluding hydrogens is 280 g/mol. The Hall–Kier alpha value is -0.650. The van der Waals surface area contributed by atoms with Gasteiger partial charge in [-0.2, -0.15) is 0 Å². The van der Waals surface area contributed by atoms with Crippen LogP contribution >= 0.6 is 0 Å². The van der Waals surface area contributed by atoms with E-state index in [2.05, 4.69) is 26.1 Å². The molecule has 3 N–H and O–H groups in total. The lowest BCUT2D eigenvalue weighted by Gasteiger charge is -2.40. The summed E-state index contributed by atoms with van der Waals surface area (Å²) in [5.41, 5.74) is 6.23. The normalized spacial score (nSPS) is 29.1. The number of carbonyl (C=O) groups is 1. The van der Waals surface area contributed by atoms with Gasteiger partial charge >= 0.3 is 0 Å². The van der Waals surface area contributed by atoms with Crippen LogP contribution in [-0.2, 0) is 14.3 Å². The van der Waals surface area contributed by atoms with Crippen molar-refractivity contribution in [1.82, 2.24) is 5.32 Å². The maximum atomic E-state index is 12.3. The molecule has 0 aromatic heterocycles. The molecule has 2 rings (SSSR count). The molecular formula is C17H32N2O3. The van der Waals surface area contributed by atoms with Gasteiger partial charge in [-0.05, 0) is 37.0 Å². The van der Waals surface area contributed by atoms with Gasteiger partial charge in [-0.3, -0.25) is 4.79 Å². The number of nitrogens with one attached hydrogen (secondary N) is 1. The first kappa shape index (κ1) is 17.7. The molecule has 1 amide bonds. The average molecular weight is 312 g/mol. The van der Waals surface area contributed by atoms with E-state index in [9.17, 15) is 4.79 Å². The number of rotatable bonds is 4. The van der Waals surface area contributed by atoms with E-state index in [0.717, 1.165) is 32.3 Å². The fraction of sp³-hybridized carbons (Fsp3) is 0.941. The second kappa shape index (κ2) is 7.75. The van der Waals surface area contributed by atoms with Crippen molar-refractivity contribution in [3.8, 4) is 0 Å². The van der Waals surface area contributed by atoms with Crippen LogP contribution in [0.1, 0.15) is 46.5 Å². The molecule has 0 aromatic carbocycles. The van der Waals surface area contributed by atoms with Crippen LogP contribution < -0.4 is 11.1 Å². The molecule has 2 fully saturated rings. The Kier molecular flexibility index (Phi) is 6.24. The lowest BCUT2D eigenvalue weighted by molar-refractivity contribution is -0.126. The van der Waals surface area contributed by atoms with Crippen LogP contribution in [0.3, 0.4) is 0 Å². The van der Waals surface area contributed by atoms with Gasteiger partial charge in [0.05, 0.1) is 12.1 Å². The molecule has 22 heavy (non-hydrogen) atoms. The molecule has 3 unspecified atom stereocenters. The fourth-order valence-electron chi connectivity index (χ4n) is 3.65. The van der Waals surface area contributed by atoms with E-state index in [1.54, 1.807) is 0 Å². The van der Waals surface area contributed by atoms with Gasteiger partial charge in [-0.25, -0.2) is 0 Å². The maximum absolute atomic E-state index is 12.3. The number of amides is 1. The molecule has 0 aliphatic carbocycles. The van der Waals surface area contributed by atoms with E-state index < -0.39 is 6.04 Å². The van der Waals surface area contributed by atoms with Gasteiger partial charge in [0, 0.05) is 32.3 Å². The van der Waals surface area contributed by atoms with Crippen molar-refractivity contribution < 1.29 is 14.3 Å². The summed E-state index contributed by atoms with van der Waals surface area (Å²) in [5, 5.41) is 3.07. The second-order valence-electron chi connectivity index (χ2n) is 7.78. The van der Waals surface area contributed by atoms with Crippen molar-refractivity contribution >= 4 is 5.91 Å². The minimum Gasteiger partial charge on any atom is -0.381 e. The standard InChI is InChI=1S/C17H32N2O3/c1-17(2,3)15-13(5-4-8-22-15)11-19-16(20)14(18)12-6-9-21-10-7-12/h12-15H,4-11,18H2,1-3H3,(H,19,20). The molecule has 2 saturated heterocycles. The Morgan fingerprint density at radius 1 is 1.23 bits per heavy atom. The van der Waals surface area contributed by atoms with E-state index in [1.807, 2.05) is 0 Å². The van der Waals surface area contributed by atoms with Gasteiger partial charge < -0.3 is 20.5 Å². The topological polar surface area (TPSA) is 73.6 Å². The van der Waals surface area contributed by atoms with Gasteiger partial charge in [-0.1, -0.05) is 20.8 Å². The first-order valence-corrected chi connectivity index (χ1v) is 8.62. The molecule has 2 aliphatic rings. The number of ether oxygens (including phenoxy) is 2. The zero-order valence-electron chi connectivity index (χ0n) is 14.3. The smallest absolute Gasteiger partial charge is 0.237 e. The third kappa shape index (κ3) is 4.67. The van der Waals surface area contributed by atoms with Gasteiger partial charge in [0.1, 0.15) is 0 Å². The second-order valence-corrected chi connectivity index (χ2v) is 7.78. The highest BCUT2D eigenvalue weighted by Gasteiger charge is 2.36. The summed E-state index contributed by atoms with van der Waals surface area (Å²) in [6, 6.07) is -0.415. The molecule has 0 spiro atoms. The van der Waals surface area contributed by atoms with E-state index in [-0.39, 0.29) is 23.3 Å². The molecule has 3 atom stereocenters. The minimum absolute atomic E-state index is 0.0230. The summed E-state index contributed by atoms with van der Waals surface area (Å²) in [4.78, 5) is 12.3. The lowest BCUT2D eigenvalue weighted by atomic mass is 9.78. The van der Waals surface area contributed by atoms with Crippen LogP contribution in [0.15, 0.2) is 0 Å². The molecule has 0 radical (unpaired) electrons. The van der Waals surface area contributed by atoms with Crippen molar-refractivity contribution in [2.75, 3.05) is 26.4 Å². The molecule has 0 aromatic rings. The SMILES string of the molecule is CC(C)(C)C1OCCCC1CNC(=O)C(N)C1CCOCC1. The summed E-state index contributed by atoms with van der Waals surface area (Å²) >= 11 is 0. The van der Waals surface area contributed by atoms with Crippen molar-refractivity contribution in [1.29, 1.82) is 0 Å². The van der Waals surface area contributed by atoms with Crippen LogP contribution in [0.25, 0.3) is 0 Å². The Morgan fingerprint density at radius 3 is 2.55 bits per heavy atom. The molecule has 0 saturated carbocycles. The maximum Gasteiger partial charge on any atom is 0.237 e. The van der Waals surface area contributed by atoms with Gasteiger partial charge in [0.2, 0.25) is 5.91 Å². The van der Waals surface area contributed by atoms with Crippen LogP contribution in [-0.4, -0.2) is 44.4 Å². The van der Waals surface area contributed by atoms with Gasteiger partial charge in [0.15, 0.2) is 0 Å². The largest absolute Gasteiger partial charge is 0.381 e.